The molecule has 0 spiro atoms. The van der Waals surface area contributed by atoms with Crippen LogP contribution < -0.4 is 5.32 Å². The zero-order valence-corrected chi connectivity index (χ0v) is 11.5. The van der Waals surface area contributed by atoms with Crippen LogP contribution in [0, 0.1) is 0 Å². The summed E-state index contributed by atoms with van der Waals surface area (Å²) in [5.41, 5.74) is 1.28. The number of hydrogen-bond donors (Lipinski definition) is 1. The van der Waals surface area contributed by atoms with Gasteiger partial charge in [0.25, 0.3) is 12.2 Å². The van der Waals surface area contributed by atoms with E-state index in [2.05, 4.69) is 15.0 Å². The molecular weight excluding hydrogens is 308 g/mol. The molecule has 0 fully saturated rings. The van der Waals surface area contributed by atoms with Crippen molar-refractivity contribution in [1.29, 1.82) is 0 Å². The Morgan fingerprint density at radius 3 is 2.38 bits per heavy atom. The second-order valence-electron chi connectivity index (χ2n) is 4.15. The largest absolute Gasteiger partial charge is 0.355 e. The summed E-state index contributed by atoms with van der Waals surface area (Å²) in [6.45, 7) is 0.750. The van der Waals surface area contributed by atoms with Crippen LogP contribution in [-0.2, 0) is 13.1 Å². The van der Waals surface area contributed by atoms with Crippen molar-refractivity contribution in [3.8, 4) is 0 Å². The van der Waals surface area contributed by atoms with E-state index in [-0.39, 0.29) is 6.54 Å². The maximum Gasteiger partial charge on any atom is 0.298 e. The van der Waals surface area contributed by atoms with Gasteiger partial charge in [-0.1, -0.05) is 29.1 Å². The van der Waals surface area contributed by atoms with Gasteiger partial charge < -0.3 is 9.84 Å². The Hall–Kier alpha value is -1.54. The van der Waals surface area contributed by atoms with E-state index in [4.69, 9.17) is 0 Å². The summed E-state index contributed by atoms with van der Waals surface area (Å²) in [7, 11) is 0. The van der Waals surface area contributed by atoms with E-state index in [1.165, 1.54) is 6.07 Å². The van der Waals surface area contributed by atoms with Crippen LogP contribution in [0.3, 0.4) is 0 Å². The van der Waals surface area contributed by atoms with Gasteiger partial charge in [-0.05, 0) is 17.7 Å². The summed E-state index contributed by atoms with van der Waals surface area (Å²) in [5.74, 6) is -2.90. The van der Waals surface area contributed by atoms with Gasteiger partial charge in [0.05, 0.1) is 5.69 Å². The number of rotatable bonds is 7. The predicted octanol–water partition coefficient (Wildman–Crippen LogP) is 4.22. The molecule has 0 atom stereocenters. The minimum Gasteiger partial charge on any atom is -0.355 e. The zero-order chi connectivity index (χ0) is 15.2. The van der Waals surface area contributed by atoms with Gasteiger partial charge in [0.15, 0.2) is 0 Å². The third kappa shape index (κ3) is 5.05. The fourth-order valence-corrected chi connectivity index (χ4v) is 2.14. The maximum absolute atomic E-state index is 12.3. The topological polar surface area (TPSA) is 38.1 Å². The maximum atomic E-state index is 12.3. The smallest absolute Gasteiger partial charge is 0.298 e. The lowest BCUT2D eigenvalue weighted by Crippen LogP contribution is -2.12. The number of nitrogens with one attached hydrogen (secondary N) is 1. The van der Waals surface area contributed by atoms with Crippen LogP contribution in [0.25, 0.3) is 0 Å². The second-order valence-corrected chi connectivity index (χ2v) is 5.21. The number of nitrogens with zero attached hydrogens (tertiary/aromatic N) is 1. The van der Waals surface area contributed by atoms with Gasteiger partial charge in [-0.3, -0.25) is 0 Å². The Labute approximate surface area is 122 Å². The van der Waals surface area contributed by atoms with Gasteiger partial charge in [-0.25, -0.2) is 8.78 Å². The molecule has 0 bridgehead atoms. The third-order valence-corrected chi connectivity index (χ3v) is 3.30. The standard InChI is InChI=1S/C13H12F4N2OS/c14-12(15)11-5-9(19-20-11)7-18-6-8-1-3-10(4-2-8)21-13(16)17/h1-5,12-13,18H,6-7H2. The normalized spacial score (nSPS) is 11.5. The first-order valence-electron chi connectivity index (χ1n) is 6.02. The van der Waals surface area contributed by atoms with E-state index in [1.807, 2.05) is 0 Å². The number of halogens is 4. The molecule has 0 aliphatic carbocycles. The Kier molecular flexibility index (Phi) is 5.63. The summed E-state index contributed by atoms with van der Waals surface area (Å²) in [4.78, 5) is 0.492. The first kappa shape index (κ1) is 15.8. The molecule has 1 heterocycles. The summed E-state index contributed by atoms with van der Waals surface area (Å²) in [5, 5.41) is 6.52. The van der Waals surface area contributed by atoms with Crippen molar-refractivity contribution in [2.75, 3.05) is 0 Å². The quantitative estimate of drug-likeness (QED) is 0.612. The summed E-state index contributed by atoms with van der Waals surface area (Å²) < 4.78 is 53.3. The molecule has 2 aromatic rings. The molecule has 0 amide bonds. The Bertz CT molecular complexity index is 560. The Morgan fingerprint density at radius 1 is 1.10 bits per heavy atom. The van der Waals surface area contributed by atoms with Crippen LogP contribution in [0.15, 0.2) is 39.8 Å². The van der Waals surface area contributed by atoms with Gasteiger partial charge in [0.1, 0.15) is 0 Å². The lowest BCUT2D eigenvalue weighted by atomic mass is 10.2. The van der Waals surface area contributed by atoms with Gasteiger partial charge >= 0.3 is 0 Å². The highest BCUT2D eigenvalue weighted by atomic mass is 32.2. The fourth-order valence-electron chi connectivity index (χ4n) is 1.64. The summed E-state index contributed by atoms with van der Waals surface area (Å²) in [6, 6.07) is 7.87. The molecule has 3 nitrogen and oxygen atoms in total. The van der Waals surface area contributed by atoms with Crippen molar-refractivity contribution in [2.24, 2.45) is 0 Å². The first-order valence-corrected chi connectivity index (χ1v) is 6.90. The number of thioether (sulfide) groups is 1. The van der Waals surface area contributed by atoms with E-state index in [0.29, 0.717) is 28.9 Å². The van der Waals surface area contributed by atoms with E-state index >= 15 is 0 Å². The van der Waals surface area contributed by atoms with Crippen molar-refractivity contribution in [2.45, 2.75) is 30.2 Å². The van der Waals surface area contributed by atoms with E-state index in [0.717, 1.165) is 5.56 Å². The predicted molar refractivity (Wildman–Crippen MR) is 70.3 cm³/mol. The van der Waals surface area contributed by atoms with E-state index in [1.54, 1.807) is 24.3 Å². The van der Waals surface area contributed by atoms with E-state index in [9.17, 15) is 17.6 Å². The van der Waals surface area contributed by atoms with Crippen LogP contribution in [0.1, 0.15) is 23.4 Å². The first-order chi connectivity index (χ1) is 10.0. The average Bonchev–Trinajstić information content (AvgIpc) is 2.89. The third-order valence-electron chi connectivity index (χ3n) is 2.58. The highest BCUT2D eigenvalue weighted by Crippen LogP contribution is 2.25. The molecule has 114 valence electrons. The van der Waals surface area contributed by atoms with Crippen LogP contribution in [0.5, 0.6) is 0 Å². The number of alkyl halides is 4. The van der Waals surface area contributed by atoms with Crippen LogP contribution in [0.2, 0.25) is 0 Å². The molecule has 8 heteroatoms. The lowest BCUT2D eigenvalue weighted by molar-refractivity contribution is 0.112. The van der Waals surface area contributed by atoms with E-state index < -0.39 is 17.9 Å². The monoisotopic (exact) mass is 320 g/mol. The fraction of sp³-hybridized carbons (Fsp3) is 0.308. The van der Waals surface area contributed by atoms with Crippen molar-refractivity contribution in [3.05, 3.63) is 47.3 Å². The highest BCUT2D eigenvalue weighted by molar-refractivity contribution is 7.99. The molecule has 21 heavy (non-hydrogen) atoms. The Morgan fingerprint density at radius 2 is 1.81 bits per heavy atom. The van der Waals surface area contributed by atoms with Gasteiger partial charge in [-0.15, -0.1) is 0 Å². The molecule has 1 aromatic carbocycles. The lowest BCUT2D eigenvalue weighted by Gasteiger charge is -2.04. The van der Waals surface area contributed by atoms with Crippen LogP contribution >= 0.6 is 11.8 Å². The molecule has 0 aliphatic rings. The van der Waals surface area contributed by atoms with Crippen LogP contribution in [-0.4, -0.2) is 10.9 Å². The molecular formula is C13H12F4N2OS. The second kappa shape index (κ2) is 7.46. The Balaban J connectivity index is 1.80. The van der Waals surface area contributed by atoms with Gasteiger partial charge in [0, 0.05) is 24.1 Å². The number of hydrogen-bond acceptors (Lipinski definition) is 4. The van der Waals surface area contributed by atoms with Crippen molar-refractivity contribution >= 4 is 11.8 Å². The van der Waals surface area contributed by atoms with Gasteiger partial charge in [-0.2, -0.15) is 8.78 Å². The molecule has 2 rings (SSSR count). The summed E-state index contributed by atoms with van der Waals surface area (Å²) >= 11 is 0.486. The molecule has 0 saturated carbocycles. The SMILES string of the molecule is FC(F)Sc1ccc(CNCc2cc(C(F)F)on2)cc1. The average molecular weight is 320 g/mol. The molecule has 0 aliphatic heterocycles. The molecule has 0 unspecified atom stereocenters. The minimum absolute atomic E-state index is 0.282. The molecule has 1 N–H and O–H groups in total. The van der Waals surface area contributed by atoms with Crippen molar-refractivity contribution in [3.63, 3.8) is 0 Å². The number of aromatic nitrogens is 1. The molecule has 1 aromatic heterocycles. The van der Waals surface area contributed by atoms with Gasteiger partial charge in [0.2, 0.25) is 5.76 Å². The molecule has 0 radical (unpaired) electrons. The summed E-state index contributed by atoms with van der Waals surface area (Å²) in [6.07, 6.45) is -2.67. The number of benzene rings is 1. The van der Waals surface area contributed by atoms with Crippen molar-refractivity contribution in [1.82, 2.24) is 10.5 Å². The molecule has 0 saturated heterocycles. The van der Waals surface area contributed by atoms with Crippen LogP contribution in [0.4, 0.5) is 17.6 Å². The minimum atomic E-state index is -2.67. The highest BCUT2D eigenvalue weighted by Gasteiger charge is 2.13. The van der Waals surface area contributed by atoms with Crippen molar-refractivity contribution < 1.29 is 22.1 Å². The zero-order valence-electron chi connectivity index (χ0n) is 10.7.